The molecule has 0 aromatic heterocycles. The van der Waals surface area contributed by atoms with Gasteiger partial charge in [-0.3, -0.25) is 0 Å². The molecule has 0 saturated heterocycles. The molecular formula is C11H13NO2. The molecule has 14 heavy (non-hydrogen) atoms. The minimum Gasteiger partial charge on any atom is -0.508 e. The van der Waals surface area contributed by atoms with E-state index in [9.17, 15) is 10.2 Å². The van der Waals surface area contributed by atoms with Gasteiger partial charge in [-0.2, -0.15) is 0 Å². The van der Waals surface area contributed by atoms with Crippen LogP contribution in [0.1, 0.15) is 12.5 Å². The van der Waals surface area contributed by atoms with E-state index >= 15 is 0 Å². The largest absolute Gasteiger partial charge is 0.508 e. The summed E-state index contributed by atoms with van der Waals surface area (Å²) in [6, 6.07) is 5.21. The topological polar surface area (TPSA) is 43.7 Å². The average molecular weight is 191 g/mol. The van der Waals surface area contributed by atoms with Crippen LogP contribution in [0.5, 0.6) is 5.75 Å². The van der Waals surface area contributed by atoms with Crippen LogP contribution in [-0.2, 0) is 6.42 Å². The van der Waals surface area contributed by atoms with Gasteiger partial charge in [0, 0.05) is 12.2 Å². The van der Waals surface area contributed by atoms with E-state index in [-0.39, 0.29) is 5.75 Å². The van der Waals surface area contributed by atoms with Crippen LogP contribution < -0.4 is 4.90 Å². The van der Waals surface area contributed by atoms with Gasteiger partial charge in [0.05, 0.1) is 0 Å². The van der Waals surface area contributed by atoms with Crippen molar-refractivity contribution in [3.8, 4) is 5.75 Å². The summed E-state index contributed by atoms with van der Waals surface area (Å²) in [5.74, 6) is 0.570. The van der Waals surface area contributed by atoms with Crippen LogP contribution in [0.4, 0.5) is 5.69 Å². The predicted molar refractivity (Wildman–Crippen MR) is 55.5 cm³/mol. The van der Waals surface area contributed by atoms with Crippen molar-refractivity contribution in [1.82, 2.24) is 0 Å². The fraction of sp³-hybridized carbons (Fsp3) is 0.273. The summed E-state index contributed by atoms with van der Waals surface area (Å²) in [5, 5.41) is 18.9. The highest BCUT2D eigenvalue weighted by Gasteiger charge is 2.17. The number of aromatic hydroxyl groups is 1. The van der Waals surface area contributed by atoms with Crippen LogP contribution in [0, 0.1) is 0 Å². The third-order valence-electron chi connectivity index (χ3n) is 2.45. The molecule has 3 nitrogen and oxygen atoms in total. The lowest BCUT2D eigenvalue weighted by Crippen LogP contribution is -2.25. The van der Waals surface area contributed by atoms with Gasteiger partial charge in [0.1, 0.15) is 5.75 Å². The van der Waals surface area contributed by atoms with Crippen molar-refractivity contribution in [2.24, 2.45) is 0 Å². The highest BCUT2D eigenvalue weighted by molar-refractivity contribution is 5.61. The highest BCUT2D eigenvalue weighted by atomic mass is 16.3. The Kier molecular flexibility index (Phi) is 2.08. The zero-order chi connectivity index (χ0) is 10.1. The molecule has 3 heteroatoms. The maximum atomic E-state index is 9.61. The lowest BCUT2D eigenvalue weighted by atomic mass is 10.0. The van der Waals surface area contributed by atoms with Gasteiger partial charge in [0.15, 0.2) is 5.88 Å². The van der Waals surface area contributed by atoms with Crippen molar-refractivity contribution in [2.45, 2.75) is 13.3 Å². The number of fused-ring (bicyclic) bond motifs is 1. The van der Waals surface area contributed by atoms with E-state index in [2.05, 4.69) is 0 Å². The number of anilines is 1. The van der Waals surface area contributed by atoms with Gasteiger partial charge in [0.2, 0.25) is 0 Å². The van der Waals surface area contributed by atoms with Crippen molar-refractivity contribution < 1.29 is 10.2 Å². The number of hydrogen-bond acceptors (Lipinski definition) is 3. The fourth-order valence-electron chi connectivity index (χ4n) is 1.77. The van der Waals surface area contributed by atoms with Crippen LogP contribution >= 0.6 is 0 Å². The molecule has 0 amide bonds. The second kappa shape index (κ2) is 3.25. The SMILES string of the molecule is CCN1C(O)=CCc2cc(O)ccc21. The van der Waals surface area contributed by atoms with Gasteiger partial charge in [-0.25, -0.2) is 0 Å². The molecule has 1 aromatic carbocycles. The Morgan fingerprint density at radius 2 is 2.14 bits per heavy atom. The number of aliphatic hydroxyl groups excluding tert-OH is 1. The molecule has 1 aromatic rings. The summed E-state index contributed by atoms with van der Waals surface area (Å²) >= 11 is 0. The second-order valence-corrected chi connectivity index (χ2v) is 3.32. The quantitative estimate of drug-likeness (QED) is 0.715. The summed E-state index contributed by atoms with van der Waals surface area (Å²) in [4.78, 5) is 1.82. The van der Waals surface area contributed by atoms with Crippen LogP contribution in [0.3, 0.4) is 0 Å². The predicted octanol–water partition coefficient (Wildman–Crippen LogP) is 2.17. The van der Waals surface area contributed by atoms with Gasteiger partial charge in [-0.1, -0.05) is 0 Å². The van der Waals surface area contributed by atoms with Crippen molar-refractivity contribution in [2.75, 3.05) is 11.4 Å². The third kappa shape index (κ3) is 1.31. The fourth-order valence-corrected chi connectivity index (χ4v) is 1.77. The van der Waals surface area contributed by atoms with Gasteiger partial charge in [0.25, 0.3) is 0 Å². The molecule has 2 rings (SSSR count). The van der Waals surface area contributed by atoms with Gasteiger partial charge < -0.3 is 15.1 Å². The number of rotatable bonds is 1. The van der Waals surface area contributed by atoms with Crippen LogP contribution in [0.15, 0.2) is 30.2 Å². The number of nitrogens with zero attached hydrogens (tertiary/aromatic N) is 1. The number of benzene rings is 1. The second-order valence-electron chi connectivity index (χ2n) is 3.32. The zero-order valence-electron chi connectivity index (χ0n) is 8.07. The highest BCUT2D eigenvalue weighted by Crippen LogP contribution is 2.30. The molecule has 1 aliphatic rings. The first-order valence-corrected chi connectivity index (χ1v) is 4.71. The van der Waals surface area contributed by atoms with E-state index < -0.39 is 0 Å². The van der Waals surface area contributed by atoms with Gasteiger partial charge >= 0.3 is 0 Å². The number of hydrogen-bond donors (Lipinski definition) is 2. The van der Waals surface area contributed by atoms with Crippen molar-refractivity contribution in [1.29, 1.82) is 0 Å². The number of phenolic OH excluding ortho intramolecular Hbond substituents is 1. The molecule has 1 aliphatic heterocycles. The van der Waals surface area contributed by atoms with E-state index in [1.54, 1.807) is 18.2 Å². The number of allylic oxidation sites excluding steroid dienone is 1. The number of aliphatic hydroxyl groups is 1. The molecule has 74 valence electrons. The van der Waals surface area contributed by atoms with Gasteiger partial charge in [-0.05, 0) is 43.2 Å². The number of phenols is 1. The smallest absolute Gasteiger partial charge is 0.187 e. The minimum absolute atomic E-state index is 0.273. The molecule has 1 heterocycles. The van der Waals surface area contributed by atoms with Crippen molar-refractivity contribution >= 4 is 5.69 Å². The lowest BCUT2D eigenvalue weighted by Gasteiger charge is -2.27. The third-order valence-corrected chi connectivity index (χ3v) is 2.45. The standard InChI is InChI=1S/C11H13NO2/c1-2-12-10-5-4-9(13)7-8(10)3-6-11(12)14/h4-7,13-14H,2-3H2,1H3. The Hall–Kier alpha value is -1.64. The zero-order valence-corrected chi connectivity index (χ0v) is 8.07. The molecule has 0 radical (unpaired) electrons. The molecule has 2 N–H and O–H groups in total. The Balaban J connectivity index is 2.47. The molecule has 0 aliphatic carbocycles. The maximum Gasteiger partial charge on any atom is 0.187 e. The summed E-state index contributed by atoms with van der Waals surface area (Å²) in [6.45, 7) is 2.70. The maximum absolute atomic E-state index is 9.61. The molecule has 0 bridgehead atoms. The first kappa shape index (κ1) is 8.94. The van der Waals surface area contributed by atoms with Crippen molar-refractivity contribution in [3.63, 3.8) is 0 Å². The summed E-state index contributed by atoms with van der Waals surface area (Å²) in [7, 11) is 0. The van der Waals surface area contributed by atoms with Crippen molar-refractivity contribution in [3.05, 3.63) is 35.7 Å². The first-order valence-electron chi connectivity index (χ1n) is 4.71. The first-order chi connectivity index (χ1) is 6.72. The molecular weight excluding hydrogens is 178 g/mol. The molecule has 0 atom stereocenters. The van der Waals surface area contributed by atoms with Crippen LogP contribution in [0.2, 0.25) is 0 Å². The molecule has 0 spiro atoms. The molecule has 0 fully saturated rings. The summed E-state index contributed by atoms with van der Waals surface area (Å²) in [6.07, 6.45) is 2.43. The summed E-state index contributed by atoms with van der Waals surface area (Å²) < 4.78 is 0. The van der Waals surface area contributed by atoms with E-state index in [1.165, 1.54) is 0 Å². The Bertz CT molecular complexity index is 385. The lowest BCUT2D eigenvalue weighted by molar-refractivity contribution is 0.386. The van der Waals surface area contributed by atoms with E-state index in [0.29, 0.717) is 12.3 Å². The Labute approximate surface area is 82.9 Å². The van der Waals surface area contributed by atoms with Crippen LogP contribution in [-0.4, -0.2) is 16.8 Å². The van der Waals surface area contributed by atoms with Gasteiger partial charge in [-0.15, -0.1) is 0 Å². The van der Waals surface area contributed by atoms with E-state index in [0.717, 1.165) is 17.8 Å². The minimum atomic E-state index is 0.273. The van der Waals surface area contributed by atoms with Crippen LogP contribution in [0.25, 0.3) is 0 Å². The Morgan fingerprint density at radius 1 is 1.36 bits per heavy atom. The summed E-state index contributed by atoms with van der Waals surface area (Å²) in [5.41, 5.74) is 2.02. The molecule has 0 unspecified atom stereocenters. The molecule has 0 saturated carbocycles. The van der Waals surface area contributed by atoms with E-state index in [1.807, 2.05) is 17.9 Å². The normalized spacial score (nSPS) is 14.9. The Morgan fingerprint density at radius 3 is 2.86 bits per heavy atom. The average Bonchev–Trinajstić information content (AvgIpc) is 2.18. The van der Waals surface area contributed by atoms with E-state index in [4.69, 9.17) is 0 Å². The monoisotopic (exact) mass is 191 g/mol.